The molecule has 0 saturated carbocycles. The van der Waals surface area contributed by atoms with Gasteiger partial charge in [0.2, 0.25) is 0 Å². The Bertz CT molecular complexity index is 753. The van der Waals surface area contributed by atoms with Gasteiger partial charge in [-0.25, -0.2) is 4.98 Å². The van der Waals surface area contributed by atoms with Gasteiger partial charge in [0.1, 0.15) is 5.01 Å². The Balaban J connectivity index is 1.98. The number of aromatic nitrogens is 1. The van der Waals surface area contributed by atoms with E-state index in [1.54, 1.807) is 12.1 Å². The van der Waals surface area contributed by atoms with Crippen LogP contribution in [-0.2, 0) is 0 Å². The van der Waals surface area contributed by atoms with E-state index in [2.05, 4.69) is 4.98 Å². The molecule has 0 atom stereocenters. The van der Waals surface area contributed by atoms with Gasteiger partial charge in [-0.15, -0.1) is 11.3 Å². The third-order valence-corrected chi connectivity index (χ3v) is 3.77. The number of hydrogen-bond donors (Lipinski definition) is 0. The average molecular weight is 282 g/mol. The molecule has 98 valence electrons. The Hall–Kier alpha value is -2.53. The van der Waals surface area contributed by atoms with Crippen molar-refractivity contribution in [2.45, 2.75) is 0 Å². The highest BCUT2D eigenvalue weighted by molar-refractivity contribution is 7.13. The topological polar surface area (TPSA) is 56.0 Å². The molecule has 0 N–H and O–H groups in total. The Morgan fingerprint density at radius 2 is 1.75 bits per heavy atom. The molecule has 0 aliphatic carbocycles. The van der Waals surface area contributed by atoms with Gasteiger partial charge in [0, 0.05) is 28.6 Å². The highest BCUT2D eigenvalue weighted by Gasteiger charge is 2.10. The SMILES string of the molecule is O=[N+]([O-])c1cccc(-c2csc(-c3ccccc3)n2)c1. The maximum absolute atomic E-state index is 10.8. The minimum atomic E-state index is -0.395. The largest absolute Gasteiger partial charge is 0.270 e. The first kappa shape index (κ1) is 12.5. The Kier molecular flexibility index (Phi) is 3.26. The van der Waals surface area contributed by atoms with Crippen LogP contribution in [0.5, 0.6) is 0 Å². The van der Waals surface area contributed by atoms with Crippen molar-refractivity contribution in [1.82, 2.24) is 4.98 Å². The van der Waals surface area contributed by atoms with Crippen LogP contribution >= 0.6 is 11.3 Å². The van der Waals surface area contributed by atoms with Crippen LogP contribution in [-0.4, -0.2) is 9.91 Å². The van der Waals surface area contributed by atoms with E-state index in [4.69, 9.17) is 0 Å². The van der Waals surface area contributed by atoms with Crippen LogP contribution in [0.15, 0.2) is 60.0 Å². The number of thiazole rings is 1. The van der Waals surface area contributed by atoms with Crippen molar-refractivity contribution in [2.24, 2.45) is 0 Å². The lowest BCUT2D eigenvalue weighted by Gasteiger charge is -1.97. The summed E-state index contributed by atoms with van der Waals surface area (Å²) in [6.07, 6.45) is 0. The molecule has 0 spiro atoms. The minimum absolute atomic E-state index is 0.0803. The van der Waals surface area contributed by atoms with Gasteiger partial charge in [0.15, 0.2) is 0 Å². The zero-order valence-electron chi connectivity index (χ0n) is 10.4. The predicted molar refractivity (Wildman–Crippen MR) is 79.6 cm³/mol. The molecule has 20 heavy (non-hydrogen) atoms. The van der Waals surface area contributed by atoms with Crippen molar-refractivity contribution in [2.75, 3.05) is 0 Å². The average Bonchev–Trinajstić information content (AvgIpc) is 2.98. The van der Waals surface area contributed by atoms with Gasteiger partial charge in [-0.1, -0.05) is 42.5 Å². The molecular weight excluding hydrogens is 272 g/mol. The molecular formula is C15H10N2O2S. The summed E-state index contributed by atoms with van der Waals surface area (Å²) in [5, 5.41) is 13.6. The Morgan fingerprint density at radius 3 is 2.50 bits per heavy atom. The second-order valence-corrected chi connectivity index (χ2v) is 5.07. The fraction of sp³-hybridized carbons (Fsp3) is 0. The molecule has 1 aromatic heterocycles. The van der Waals surface area contributed by atoms with Crippen LogP contribution < -0.4 is 0 Å². The molecule has 0 unspecified atom stereocenters. The monoisotopic (exact) mass is 282 g/mol. The normalized spacial score (nSPS) is 10.4. The Morgan fingerprint density at radius 1 is 1.00 bits per heavy atom. The molecule has 0 amide bonds. The summed E-state index contributed by atoms with van der Waals surface area (Å²) in [4.78, 5) is 15.0. The van der Waals surface area contributed by atoms with E-state index in [1.807, 2.05) is 41.8 Å². The van der Waals surface area contributed by atoms with Crippen LogP contribution in [0.2, 0.25) is 0 Å². The van der Waals surface area contributed by atoms with Gasteiger partial charge in [-0.3, -0.25) is 10.1 Å². The fourth-order valence-corrected chi connectivity index (χ4v) is 2.73. The van der Waals surface area contributed by atoms with Gasteiger partial charge in [0.25, 0.3) is 5.69 Å². The minimum Gasteiger partial charge on any atom is -0.258 e. The molecule has 3 aromatic rings. The molecule has 0 bridgehead atoms. The van der Waals surface area contributed by atoms with E-state index in [-0.39, 0.29) is 5.69 Å². The summed E-state index contributed by atoms with van der Waals surface area (Å²) in [6.45, 7) is 0. The van der Waals surface area contributed by atoms with Gasteiger partial charge >= 0.3 is 0 Å². The lowest BCUT2D eigenvalue weighted by molar-refractivity contribution is -0.384. The van der Waals surface area contributed by atoms with E-state index in [0.717, 1.165) is 21.8 Å². The smallest absolute Gasteiger partial charge is 0.258 e. The van der Waals surface area contributed by atoms with Crippen molar-refractivity contribution >= 4 is 17.0 Å². The van der Waals surface area contributed by atoms with Crippen LogP contribution in [0.4, 0.5) is 5.69 Å². The van der Waals surface area contributed by atoms with Crippen molar-refractivity contribution in [3.8, 4) is 21.8 Å². The van der Waals surface area contributed by atoms with E-state index < -0.39 is 4.92 Å². The summed E-state index contributed by atoms with van der Waals surface area (Å²) in [5.74, 6) is 0. The number of nitro groups is 1. The quantitative estimate of drug-likeness (QED) is 0.529. The van der Waals surface area contributed by atoms with Gasteiger partial charge < -0.3 is 0 Å². The lowest BCUT2D eigenvalue weighted by Crippen LogP contribution is -1.88. The van der Waals surface area contributed by atoms with Crippen molar-refractivity contribution < 1.29 is 4.92 Å². The maximum Gasteiger partial charge on any atom is 0.270 e. The summed E-state index contributed by atoms with van der Waals surface area (Å²) in [7, 11) is 0. The molecule has 0 saturated heterocycles. The third kappa shape index (κ3) is 2.44. The van der Waals surface area contributed by atoms with Crippen molar-refractivity contribution in [1.29, 1.82) is 0 Å². The van der Waals surface area contributed by atoms with Crippen LogP contribution in [0.1, 0.15) is 0 Å². The molecule has 2 aromatic carbocycles. The number of nitrogens with zero attached hydrogens (tertiary/aromatic N) is 2. The van der Waals surface area contributed by atoms with Gasteiger partial charge in [-0.05, 0) is 0 Å². The molecule has 0 aliphatic rings. The van der Waals surface area contributed by atoms with E-state index >= 15 is 0 Å². The van der Waals surface area contributed by atoms with Crippen molar-refractivity contribution in [3.63, 3.8) is 0 Å². The molecule has 0 fully saturated rings. The summed E-state index contributed by atoms with van der Waals surface area (Å²) in [6, 6.07) is 16.4. The summed E-state index contributed by atoms with van der Waals surface area (Å²) < 4.78 is 0. The van der Waals surface area contributed by atoms with E-state index in [0.29, 0.717) is 0 Å². The van der Waals surface area contributed by atoms with Gasteiger partial charge in [-0.2, -0.15) is 0 Å². The van der Waals surface area contributed by atoms with E-state index in [9.17, 15) is 10.1 Å². The molecule has 3 rings (SSSR count). The molecule has 1 heterocycles. The zero-order chi connectivity index (χ0) is 13.9. The first-order chi connectivity index (χ1) is 9.74. The predicted octanol–water partition coefficient (Wildman–Crippen LogP) is 4.39. The second kappa shape index (κ2) is 5.22. The Labute approximate surface area is 119 Å². The zero-order valence-corrected chi connectivity index (χ0v) is 11.2. The number of benzene rings is 2. The third-order valence-electron chi connectivity index (χ3n) is 2.88. The summed E-state index contributed by atoms with van der Waals surface area (Å²) in [5.41, 5.74) is 2.65. The first-order valence-corrected chi connectivity index (χ1v) is 6.88. The number of nitro benzene ring substituents is 1. The van der Waals surface area contributed by atoms with Crippen LogP contribution in [0.3, 0.4) is 0 Å². The second-order valence-electron chi connectivity index (χ2n) is 4.21. The first-order valence-electron chi connectivity index (χ1n) is 6.00. The number of non-ortho nitro benzene ring substituents is 1. The highest BCUT2D eigenvalue weighted by Crippen LogP contribution is 2.30. The summed E-state index contributed by atoms with van der Waals surface area (Å²) >= 11 is 1.53. The highest BCUT2D eigenvalue weighted by atomic mass is 32.1. The molecule has 0 aliphatic heterocycles. The fourth-order valence-electron chi connectivity index (χ4n) is 1.90. The number of rotatable bonds is 3. The lowest BCUT2D eigenvalue weighted by atomic mass is 10.1. The number of hydrogen-bond acceptors (Lipinski definition) is 4. The van der Waals surface area contributed by atoms with E-state index in [1.165, 1.54) is 17.4 Å². The standard InChI is InChI=1S/C15H10N2O2S/c18-17(19)13-8-4-7-12(9-13)14-10-20-15(16-14)11-5-2-1-3-6-11/h1-10H. The van der Waals surface area contributed by atoms with Crippen molar-refractivity contribution in [3.05, 3.63) is 70.1 Å². The molecule has 4 nitrogen and oxygen atoms in total. The van der Waals surface area contributed by atoms with Gasteiger partial charge in [0.05, 0.1) is 10.6 Å². The van der Waals surface area contributed by atoms with Crippen LogP contribution in [0.25, 0.3) is 21.8 Å². The molecule has 5 heteroatoms. The van der Waals surface area contributed by atoms with Crippen LogP contribution in [0, 0.1) is 10.1 Å². The maximum atomic E-state index is 10.8. The molecule has 0 radical (unpaired) electrons.